The van der Waals surface area contributed by atoms with Gasteiger partial charge in [-0.25, -0.2) is 4.39 Å². The van der Waals surface area contributed by atoms with Crippen LogP contribution in [-0.2, 0) is 0 Å². The van der Waals surface area contributed by atoms with E-state index in [1.54, 1.807) is 31.5 Å². The molecule has 0 aliphatic carbocycles. The topological polar surface area (TPSA) is 48.1 Å². The Labute approximate surface area is 92.7 Å². The molecule has 16 heavy (non-hydrogen) atoms. The van der Waals surface area contributed by atoms with E-state index in [1.165, 1.54) is 6.07 Å². The highest BCUT2D eigenvalue weighted by Gasteiger charge is 2.07. The summed E-state index contributed by atoms with van der Waals surface area (Å²) in [5.74, 6) is 0.226. The Hall–Kier alpha value is -2.10. The van der Waals surface area contributed by atoms with Crippen LogP contribution in [0.5, 0.6) is 5.75 Å². The minimum Gasteiger partial charge on any atom is -0.496 e. The lowest BCUT2D eigenvalue weighted by Gasteiger charge is -2.09. The van der Waals surface area contributed by atoms with Gasteiger partial charge in [0.1, 0.15) is 11.6 Å². The van der Waals surface area contributed by atoms with Crippen molar-refractivity contribution in [1.82, 2.24) is 4.98 Å². The molecular formula is C12H11FN2O. The van der Waals surface area contributed by atoms with E-state index in [4.69, 9.17) is 10.5 Å². The van der Waals surface area contributed by atoms with Crippen molar-refractivity contribution in [1.29, 1.82) is 0 Å². The average Bonchev–Trinajstić information content (AvgIpc) is 2.28. The molecule has 0 fully saturated rings. The predicted molar refractivity (Wildman–Crippen MR) is 60.6 cm³/mol. The van der Waals surface area contributed by atoms with Gasteiger partial charge in [0, 0.05) is 29.1 Å². The SMILES string of the molecule is COc1cc(N)ccc1-c1cncc(F)c1. The van der Waals surface area contributed by atoms with Gasteiger partial charge in [-0.15, -0.1) is 0 Å². The molecular weight excluding hydrogens is 207 g/mol. The molecule has 2 aromatic rings. The quantitative estimate of drug-likeness (QED) is 0.788. The zero-order chi connectivity index (χ0) is 11.5. The first-order valence-corrected chi connectivity index (χ1v) is 4.75. The highest BCUT2D eigenvalue weighted by molar-refractivity contribution is 5.72. The van der Waals surface area contributed by atoms with E-state index in [2.05, 4.69) is 4.98 Å². The summed E-state index contributed by atoms with van der Waals surface area (Å²) in [5, 5.41) is 0. The van der Waals surface area contributed by atoms with Crippen LogP contribution in [-0.4, -0.2) is 12.1 Å². The number of halogens is 1. The molecule has 0 spiro atoms. The maximum atomic E-state index is 13.0. The molecule has 0 saturated carbocycles. The third-order valence-corrected chi connectivity index (χ3v) is 2.24. The van der Waals surface area contributed by atoms with Crippen LogP contribution in [0.4, 0.5) is 10.1 Å². The zero-order valence-corrected chi connectivity index (χ0v) is 8.77. The lowest BCUT2D eigenvalue weighted by molar-refractivity contribution is 0.416. The van der Waals surface area contributed by atoms with Gasteiger partial charge in [0.2, 0.25) is 0 Å². The minimum atomic E-state index is -0.378. The number of nitrogens with two attached hydrogens (primary N) is 1. The Bertz CT molecular complexity index is 514. The van der Waals surface area contributed by atoms with Crippen LogP contribution in [0.15, 0.2) is 36.7 Å². The summed E-state index contributed by atoms with van der Waals surface area (Å²) in [6, 6.07) is 6.62. The maximum absolute atomic E-state index is 13.0. The summed E-state index contributed by atoms with van der Waals surface area (Å²) >= 11 is 0. The van der Waals surface area contributed by atoms with Gasteiger partial charge < -0.3 is 10.5 Å². The number of methoxy groups -OCH3 is 1. The van der Waals surface area contributed by atoms with Crippen LogP contribution >= 0.6 is 0 Å². The Kier molecular flexibility index (Phi) is 2.72. The number of aromatic nitrogens is 1. The monoisotopic (exact) mass is 218 g/mol. The van der Waals surface area contributed by atoms with E-state index in [0.717, 1.165) is 11.8 Å². The third-order valence-electron chi connectivity index (χ3n) is 2.24. The summed E-state index contributed by atoms with van der Waals surface area (Å²) in [6.07, 6.45) is 2.74. The molecule has 0 unspecified atom stereocenters. The third kappa shape index (κ3) is 1.95. The number of hydrogen-bond donors (Lipinski definition) is 1. The van der Waals surface area contributed by atoms with Gasteiger partial charge in [0.15, 0.2) is 0 Å². The van der Waals surface area contributed by atoms with Gasteiger partial charge in [-0.3, -0.25) is 4.98 Å². The Morgan fingerprint density at radius 2 is 2.06 bits per heavy atom. The molecule has 0 aliphatic heterocycles. The number of nitrogens with zero attached hydrogens (tertiary/aromatic N) is 1. The molecule has 0 radical (unpaired) electrons. The summed E-state index contributed by atoms with van der Waals surface area (Å²) < 4.78 is 18.2. The highest BCUT2D eigenvalue weighted by Crippen LogP contribution is 2.31. The van der Waals surface area contributed by atoms with E-state index in [0.29, 0.717) is 17.0 Å². The number of hydrogen-bond acceptors (Lipinski definition) is 3. The summed E-state index contributed by atoms with van der Waals surface area (Å²) in [7, 11) is 1.55. The first kappa shape index (κ1) is 10.4. The molecule has 0 atom stereocenters. The van der Waals surface area contributed by atoms with Crippen LogP contribution in [0.2, 0.25) is 0 Å². The normalized spacial score (nSPS) is 10.1. The molecule has 0 bridgehead atoms. The van der Waals surface area contributed by atoms with Crippen LogP contribution in [0, 0.1) is 5.82 Å². The average molecular weight is 218 g/mol. The lowest BCUT2D eigenvalue weighted by atomic mass is 10.1. The van der Waals surface area contributed by atoms with Crippen molar-refractivity contribution < 1.29 is 9.13 Å². The second-order valence-electron chi connectivity index (χ2n) is 3.35. The molecule has 1 heterocycles. The number of pyridine rings is 1. The summed E-state index contributed by atoms with van der Waals surface area (Å²) in [4.78, 5) is 3.80. The van der Waals surface area contributed by atoms with Crippen molar-refractivity contribution >= 4 is 5.69 Å². The maximum Gasteiger partial charge on any atom is 0.142 e. The molecule has 3 nitrogen and oxygen atoms in total. The Morgan fingerprint density at radius 3 is 2.75 bits per heavy atom. The van der Waals surface area contributed by atoms with Crippen LogP contribution in [0.3, 0.4) is 0 Å². The number of ether oxygens (including phenoxy) is 1. The minimum absolute atomic E-state index is 0.378. The molecule has 4 heteroatoms. The molecule has 0 aliphatic rings. The summed E-state index contributed by atoms with van der Waals surface area (Å²) in [5.41, 5.74) is 7.67. The van der Waals surface area contributed by atoms with Crippen molar-refractivity contribution in [3.63, 3.8) is 0 Å². The van der Waals surface area contributed by atoms with E-state index in [-0.39, 0.29) is 5.82 Å². The summed E-state index contributed by atoms with van der Waals surface area (Å²) in [6.45, 7) is 0. The van der Waals surface area contributed by atoms with E-state index >= 15 is 0 Å². The molecule has 2 N–H and O–H groups in total. The fourth-order valence-corrected chi connectivity index (χ4v) is 1.51. The number of nitrogen functional groups attached to an aromatic ring is 1. The van der Waals surface area contributed by atoms with Crippen LogP contribution in [0.25, 0.3) is 11.1 Å². The number of benzene rings is 1. The second kappa shape index (κ2) is 4.18. The first-order chi connectivity index (χ1) is 7.70. The highest BCUT2D eigenvalue weighted by atomic mass is 19.1. The van der Waals surface area contributed by atoms with Crippen molar-refractivity contribution in [3.05, 3.63) is 42.5 Å². The van der Waals surface area contributed by atoms with E-state index in [9.17, 15) is 4.39 Å². The smallest absolute Gasteiger partial charge is 0.142 e. The molecule has 2 rings (SSSR count). The lowest BCUT2D eigenvalue weighted by Crippen LogP contribution is -1.92. The van der Waals surface area contributed by atoms with Crippen LogP contribution < -0.4 is 10.5 Å². The number of anilines is 1. The molecule has 0 amide bonds. The molecule has 1 aromatic carbocycles. The molecule has 1 aromatic heterocycles. The van der Waals surface area contributed by atoms with Gasteiger partial charge in [-0.05, 0) is 18.2 Å². The van der Waals surface area contributed by atoms with Gasteiger partial charge in [-0.2, -0.15) is 0 Å². The van der Waals surface area contributed by atoms with Gasteiger partial charge in [-0.1, -0.05) is 0 Å². The van der Waals surface area contributed by atoms with Gasteiger partial charge in [0.05, 0.1) is 13.3 Å². The van der Waals surface area contributed by atoms with Gasteiger partial charge >= 0.3 is 0 Å². The molecule has 0 saturated heterocycles. The fraction of sp³-hybridized carbons (Fsp3) is 0.0833. The Balaban J connectivity index is 2.55. The van der Waals surface area contributed by atoms with Crippen LogP contribution in [0.1, 0.15) is 0 Å². The van der Waals surface area contributed by atoms with E-state index < -0.39 is 0 Å². The predicted octanol–water partition coefficient (Wildman–Crippen LogP) is 2.48. The number of rotatable bonds is 2. The van der Waals surface area contributed by atoms with Gasteiger partial charge in [0.25, 0.3) is 0 Å². The van der Waals surface area contributed by atoms with E-state index in [1.807, 2.05) is 0 Å². The van der Waals surface area contributed by atoms with Crippen molar-refractivity contribution in [3.8, 4) is 16.9 Å². The largest absolute Gasteiger partial charge is 0.496 e. The molecule has 82 valence electrons. The first-order valence-electron chi connectivity index (χ1n) is 4.75. The van der Waals surface area contributed by atoms with Crippen molar-refractivity contribution in [2.24, 2.45) is 0 Å². The van der Waals surface area contributed by atoms with Crippen molar-refractivity contribution in [2.75, 3.05) is 12.8 Å². The second-order valence-corrected chi connectivity index (χ2v) is 3.35. The fourth-order valence-electron chi connectivity index (χ4n) is 1.51. The van der Waals surface area contributed by atoms with Crippen molar-refractivity contribution in [2.45, 2.75) is 0 Å². The zero-order valence-electron chi connectivity index (χ0n) is 8.77. The Morgan fingerprint density at radius 1 is 1.25 bits per heavy atom. The standard InChI is InChI=1S/C12H11FN2O/c1-16-12-5-10(14)2-3-11(12)8-4-9(13)7-15-6-8/h2-7H,14H2,1H3.